The maximum absolute atomic E-state index is 12.1. The second-order valence-electron chi connectivity index (χ2n) is 5.26. The molecule has 0 spiro atoms. The van der Waals surface area contributed by atoms with Gasteiger partial charge in [0.15, 0.2) is 0 Å². The highest BCUT2D eigenvalue weighted by molar-refractivity contribution is 5.91. The highest BCUT2D eigenvalue weighted by atomic mass is 16.2. The van der Waals surface area contributed by atoms with Crippen molar-refractivity contribution in [1.82, 2.24) is 15.1 Å². The van der Waals surface area contributed by atoms with E-state index in [2.05, 4.69) is 15.7 Å². The van der Waals surface area contributed by atoms with E-state index in [1.54, 1.807) is 0 Å². The predicted molar refractivity (Wildman–Crippen MR) is 84.2 cm³/mol. The molecular formula is C16H22N4O. The largest absolute Gasteiger partial charge is 0.319 e. The molecular weight excluding hydrogens is 264 g/mol. The number of carbonyl (C=O) groups excluding carboxylic acids is 1. The van der Waals surface area contributed by atoms with Crippen molar-refractivity contribution in [2.75, 3.05) is 18.9 Å². The summed E-state index contributed by atoms with van der Waals surface area (Å²) in [6, 6.07) is 12.0. The van der Waals surface area contributed by atoms with Crippen LogP contribution in [-0.2, 0) is 11.3 Å². The molecule has 2 N–H and O–H groups in total. The second-order valence-corrected chi connectivity index (χ2v) is 5.26. The Labute approximate surface area is 125 Å². The van der Waals surface area contributed by atoms with E-state index in [-0.39, 0.29) is 11.8 Å². The average molecular weight is 286 g/mol. The Morgan fingerprint density at radius 3 is 2.71 bits per heavy atom. The number of nitrogens with zero attached hydrogens (tertiary/aromatic N) is 2. The molecule has 1 heterocycles. The normalized spacial score (nSPS) is 12.1. The van der Waals surface area contributed by atoms with Crippen LogP contribution in [0.1, 0.15) is 18.2 Å². The summed E-state index contributed by atoms with van der Waals surface area (Å²) in [7, 11) is 1.84. The molecule has 0 bridgehead atoms. The molecule has 0 saturated carbocycles. The fourth-order valence-corrected chi connectivity index (χ4v) is 2.17. The maximum Gasteiger partial charge on any atom is 0.229 e. The number of rotatable bonds is 6. The van der Waals surface area contributed by atoms with Crippen LogP contribution in [0.3, 0.4) is 0 Å². The van der Waals surface area contributed by atoms with Gasteiger partial charge in [0, 0.05) is 18.5 Å². The topological polar surface area (TPSA) is 59.0 Å². The molecule has 112 valence electrons. The van der Waals surface area contributed by atoms with E-state index in [1.165, 1.54) is 0 Å². The van der Waals surface area contributed by atoms with Crippen LogP contribution in [0, 0.1) is 12.8 Å². The first-order chi connectivity index (χ1) is 10.1. The highest BCUT2D eigenvalue weighted by Crippen LogP contribution is 2.14. The van der Waals surface area contributed by atoms with Gasteiger partial charge in [-0.2, -0.15) is 5.10 Å². The lowest BCUT2D eigenvalue weighted by atomic mass is 10.1. The maximum atomic E-state index is 12.1. The average Bonchev–Trinajstić information content (AvgIpc) is 2.80. The Kier molecular flexibility index (Phi) is 5.11. The van der Waals surface area contributed by atoms with Crippen LogP contribution in [-0.4, -0.2) is 29.3 Å². The minimum atomic E-state index is -0.0876. The van der Waals surface area contributed by atoms with Gasteiger partial charge in [-0.05, 0) is 19.5 Å². The lowest BCUT2D eigenvalue weighted by Crippen LogP contribution is -2.29. The van der Waals surface area contributed by atoms with Crippen molar-refractivity contribution in [3.8, 4) is 0 Å². The van der Waals surface area contributed by atoms with Gasteiger partial charge in [-0.3, -0.25) is 4.79 Å². The van der Waals surface area contributed by atoms with Gasteiger partial charge in [0.25, 0.3) is 0 Å². The zero-order valence-corrected chi connectivity index (χ0v) is 12.8. The number of aryl methyl sites for hydroxylation is 1. The first kappa shape index (κ1) is 15.3. The summed E-state index contributed by atoms with van der Waals surface area (Å²) in [5.41, 5.74) is 2.04. The van der Waals surface area contributed by atoms with Crippen LogP contribution in [0.5, 0.6) is 0 Å². The third kappa shape index (κ3) is 4.16. The van der Waals surface area contributed by atoms with Crippen LogP contribution in [0.25, 0.3) is 0 Å². The number of aromatic nitrogens is 2. The molecule has 1 aromatic heterocycles. The first-order valence-electron chi connectivity index (χ1n) is 7.14. The molecule has 21 heavy (non-hydrogen) atoms. The highest BCUT2D eigenvalue weighted by Gasteiger charge is 2.15. The first-order valence-corrected chi connectivity index (χ1v) is 7.14. The van der Waals surface area contributed by atoms with Gasteiger partial charge < -0.3 is 10.6 Å². The molecule has 5 nitrogen and oxygen atoms in total. The summed E-state index contributed by atoms with van der Waals surface area (Å²) >= 11 is 0. The predicted octanol–water partition coefficient (Wildman–Crippen LogP) is 2.03. The number of hydrogen-bond acceptors (Lipinski definition) is 3. The number of hydrogen-bond donors (Lipinski definition) is 2. The zero-order chi connectivity index (χ0) is 15.2. The Balaban J connectivity index is 2.12. The molecule has 0 saturated heterocycles. The third-order valence-electron chi connectivity index (χ3n) is 3.29. The summed E-state index contributed by atoms with van der Waals surface area (Å²) < 4.78 is 1.83. The van der Waals surface area contributed by atoms with Crippen molar-refractivity contribution in [1.29, 1.82) is 0 Å². The van der Waals surface area contributed by atoms with Gasteiger partial charge in [-0.15, -0.1) is 0 Å². The molecule has 1 unspecified atom stereocenters. The third-order valence-corrected chi connectivity index (χ3v) is 3.29. The van der Waals surface area contributed by atoms with Crippen molar-refractivity contribution in [3.63, 3.8) is 0 Å². The monoisotopic (exact) mass is 286 g/mol. The van der Waals surface area contributed by atoms with Crippen molar-refractivity contribution in [2.45, 2.75) is 20.4 Å². The van der Waals surface area contributed by atoms with Crippen LogP contribution in [0.4, 0.5) is 5.82 Å². The molecule has 5 heteroatoms. The molecule has 0 aliphatic rings. The van der Waals surface area contributed by atoms with Gasteiger partial charge in [0.1, 0.15) is 5.82 Å². The van der Waals surface area contributed by atoms with Crippen molar-refractivity contribution in [2.24, 2.45) is 5.92 Å². The zero-order valence-electron chi connectivity index (χ0n) is 12.8. The van der Waals surface area contributed by atoms with Crippen LogP contribution in [0.2, 0.25) is 0 Å². The van der Waals surface area contributed by atoms with Crippen molar-refractivity contribution >= 4 is 11.7 Å². The second kappa shape index (κ2) is 7.04. The van der Waals surface area contributed by atoms with E-state index in [0.717, 1.165) is 17.1 Å². The molecule has 1 amide bonds. The van der Waals surface area contributed by atoms with Crippen LogP contribution < -0.4 is 10.6 Å². The van der Waals surface area contributed by atoms with E-state index in [9.17, 15) is 4.79 Å². The number of anilines is 1. The summed E-state index contributed by atoms with van der Waals surface area (Å²) in [6.45, 7) is 5.12. The van der Waals surface area contributed by atoms with Crippen molar-refractivity contribution in [3.05, 3.63) is 47.7 Å². The number of benzene rings is 1. The lowest BCUT2D eigenvalue weighted by molar-refractivity contribution is -0.119. The molecule has 1 atom stereocenters. The van der Waals surface area contributed by atoms with Gasteiger partial charge in [-0.25, -0.2) is 4.68 Å². The van der Waals surface area contributed by atoms with Gasteiger partial charge >= 0.3 is 0 Å². The van der Waals surface area contributed by atoms with Crippen LogP contribution >= 0.6 is 0 Å². The van der Waals surface area contributed by atoms with Gasteiger partial charge in [-0.1, -0.05) is 37.3 Å². The molecule has 2 rings (SSSR count). The van der Waals surface area contributed by atoms with E-state index in [4.69, 9.17) is 0 Å². The summed E-state index contributed by atoms with van der Waals surface area (Å²) in [5.74, 6) is 0.651. The molecule has 2 aromatic rings. The number of carbonyl (C=O) groups is 1. The molecule has 0 aliphatic heterocycles. The standard InChI is InChI=1S/C16H22N4O/c1-12(10-17-3)16(21)18-15-9-13(2)19-20(15)11-14-7-5-4-6-8-14/h4-9,12,17H,10-11H2,1-3H3,(H,18,21). The van der Waals surface area contributed by atoms with Gasteiger partial charge in [0.05, 0.1) is 12.2 Å². The van der Waals surface area contributed by atoms with Crippen LogP contribution in [0.15, 0.2) is 36.4 Å². The Morgan fingerprint density at radius 2 is 2.05 bits per heavy atom. The lowest BCUT2D eigenvalue weighted by Gasteiger charge is -2.13. The van der Waals surface area contributed by atoms with E-state index < -0.39 is 0 Å². The number of nitrogens with one attached hydrogen (secondary N) is 2. The minimum absolute atomic E-state index is 0.00133. The Morgan fingerprint density at radius 1 is 1.33 bits per heavy atom. The molecule has 0 aliphatic carbocycles. The van der Waals surface area contributed by atoms with E-state index in [1.807, 2.05) is 62.0 Å². The smallest absolute Gasteiger partial charge is 0.229 e. The summed E-state index contributed by atoms with van der Waals surface area (Å²) in [6.07, 6.45) is 0. The minimum Gasteiger partial charge on any atom is -0.319 e. The van der Waals surface area contributed by atoms with Crippen molar-refractivity contribution < 1.29 is 4.79 Å². The van der Waals surface area contributed by atoms with E-state index in [0.29, 0.717) is 13.1 Å². The number of amides is 1. The Hall–Kier alpha value is -2.14. The SMILES string of the molecule is CNCC(C)C(=O)Nc1cc(C)nn1Cc1ccccc1. The fourth-order valence-electron chi connectivity index (χ4n) is 2.17. The summed E-state index contributed by atoms with van der Waals surface area (Å²) in [5, 5.41) is 10.4. The van der Waals surface area contributed by atoms with Gasteiger partial charge in [0.2, 0.25) is 5.91 Å². The van der Waals surface area contributed by atoms with E-state index >= 15 is 0 Å². The molecule has 1 aromatic carbocycles. The molecule has 0 radical (unpaired) electrons. The molecule has 0 fully saturated rings. The summed E-state index contributed by atoms with van der Waals surface area (Å²) in [4.78, 5) is 12.1. The Bertz CT molecular complexity index is 592. The quantitative estimate of drug-likeness (QED) is 0.854. The fraction of sp³-hybridized carbons (Fsp3) is 0.375.